The van der Waals surface area contributed by atoms with Crippen LogP contribution in [0.15, 0.2) is 0 Å². The molecule has 0 aromatic carbocycles. The van der Waals surface area contributed by atoms with Crippen molar-refractivity contribution in [1.82, 2.24) is 14.9 Å². The Morgan fingerprint density at radius 1 is 1.18 bits per heavy atom. The molecule has 0 bridgehead atoms. The number of hydrogen-bond acceptors (Lipinski definition) is 6. The summed E-state index contributed by atoms with van der Waals surface area (Å²) in [6.45, 7) is 4.85. The summed E-state index contributed by atoms with van der Waals surface area (Å²) in [7, 11) is 1.78. The van der Waals surface area contributed by atoms with Gasteiger partial charge in [-0.2, -0.15) is 4.98 Å². The second-order valence-corrected chi connectivity index (χ2v) is 6.01. The molecule has 0 saturated carbocycles. The topological polar surface area (TPSA) is 78.4 Å². The molecule has 0 unspecified atom stereocenters. The van der Waals surface area contributed by atoms with Gasteiger partial charge in [0, 0.05) is 39.6 Å². The highest BCUT2D eigenvalue weighted by Crippen LogP contribution is 2.30. The van der Waals surface area contributed by atoms with Crippen LogP contribution in [0.5, 0.6) is 0 Å². The normalized spacial score (nSPS) is 21.5. The van der Waals surface area contributed by atoms with Gasteiger partial charge in [0.2, 0.25) is 12.4 Å². The van der Waals surface area contributed by atoms with Gasteiger partial charge < -0.3 is 15.1 Å². The third-order valence-corrected chi connectivity index (χ3v) is 4.31. The number of carbonyl (C=O) groups is 2. The molecule has 118 valence electrons. The zero-order chi connectivity index (χ0) is 15.7. The van der Waals surface area contributed by atoms with E-state index in [-0.39, 0.29) is 5.78 Å². The zero-order valence-corrected chi connectivity index (χ0v) is 13.0. The minimum atomic E-state index is 0.121. The molecule has 0 radical (unpaired) electrons. The molecule has 3 rings (SSSR count). The van der Waals surface area contributed by atoms with Gasteiger partial charge in [0.25, 0.3) is 0 Å². The first-order valence-corrected chi connectivity index (χ1v) is 7.68. The second-order valence-electron chi connectivity index (χ2n) is 6.01. The van der Waals surface area contributed by atoms with Crippen molar-refractivity contribution in [1.29, 1.82) is 0 Å². The lowest BCUT2D eigenvalue weighted by atomic mass is 9.87. The van der Waals surface area contributed by atoms with E-state index in [2.05, 4.69) is 27.1 Å². The lowest BCUT2D eigenvalue weighted by Crippen LogP contribution is -2.46. The summed E-state index contributed by atoms with van der Waals surface area (Å²) in [4.78, 5) is 36.1. The fraction of sp³-hybridized carbons (Fsp3) is 0.600. The Morgan fingerprint density at radius 2 is 1.91 bits per heavy atom. The van der Waals surface area contributed by atoms with Crippen molar-refractivity contribution in [3.8, 4) is 0 Å². The number of fused-ring (bicyclic) bond motifs is 1. The summed E-state index contributed by atoms with van der Waals surface area (Å²) in [5, 5.41) is 3.03. The van der Waals surface area contributed by atoms with Crippen LogP contribution >= 0.6 is 0 Å². The highest BCUT2D eigenvalue weighted by Gasteiger charge is 2.29. The van der Waals surface area contributed by atoms with Crippen LogP contribution in [-0.2, 0) is 11.2 Å². The summed E-state index contributed by atoms with van der Waals surface area (Å²) >= 11 is 0. The second kappa shape index (κ2) is 5.90. The van der Waals surface area contributed by atoms with Crippen LogP contribution in [0.1, 0.15) is 29.4 Å². The first-order chi connectivity index (χ1) is 10.6. The molecule has 0 spiro atoms. The number of Topliss-reactive ketones (excluding diaryl/α,β-unsaturated/α-hetero) is 1. The molecular weight excluding hydrogens is 282 g/mol. The van der Waals surface area contributed by atoms with E-state index in [9.17, 15) is 9.59 Å². The SMILES string of the molecule is CNc1nc(N2CCN(C=O)CC2)nc2c1C(=O)C[C@H](C)C2. The average Bonchev–Trinajstić information content (AvgIpc) is 2.53. The molecule has 1 fully saturated rings. The fourth-order valence-electron chi connectivity index (χ4n) is 3.11. The Balaban J connectivity index is 1.92. The van der Waals surface area contributed by atoms with Gasteiger partial charge in [-0.3, -0.25) is 9.59 Å². The molecule has 1 aliphatic carbocycles. The maximum absolute atomic E-state index is 12.3. The van der Waals surface area contributed by atoms with E-state index >= 15 is 0 Å². The molecule has 1 saturated heterocycles. The molecular formula is C15H21N5O2. The monoisotopic (exact) mass is 303 g/mol. The van der Waals surface area contributed by atoms with Crippen LogP contribution < -0.4 is 10.2 Å². The van der Waals surface area contributed by atoms with Crippen molar-refractivity contribution in [3.05, 3.63) is 11.3 Å². The van der Waals surface area contributed by atoms with Crippen LogP contribution in [0.2, 0.25) is 0 Å². The van der Waals surface area contributed by atoms with Crippen molar-refractivity contribution in [2.75, 3.05) is 43.4 Å². The van der Waals surface area contributed by atoms with Crippen LogP contribution in [0.25, 0.3) is 0 Å². The van der Waals surface area contributed by atoms with Crippen molar-refractivity contribution in [2.45, 2.75) is 19.8 Å². The molecule has 1 aromatic heterocycles. The number of hydrogen-bond donors (Lipinski definition) is 1. The van der Waals surface area contributed by atoms with Gasteiger partial charge in [-0.1, -0.05) is 6.92 Å². The molecule has 2 aliphatic rings. The Hall–Kier alpha value is -2.18. The molecule has 1 aromatic rings. The van der Waals surface area contributed by atoms with Gasteiger partial charge in [0.15, 0.2) is 5.78 Å². The van der Waals surface area contributed by atoms with E-state index in [1.807, 2.05) is 0 Å². The lowest BCUT2D eigenvalue weighted by Gasteiger charge is -2.33. The Labute approximate surface area is 129 Å². The van der Waals surface area contributed by atoms with Crippen molar-refractivity contribution in [2.24, 2.45) is 5.92 Å². The lowest BCUT2D eigenvalue weighted by molar-refractivity contribution is -0.118. The number of nitrogens with zero attached hydrogens (tertiary/aromatic N) is 4. The van der Waals surface area contributed by atoms with Crippen LogP contribution in [0.4, 0.5) is 11.8 Å². The van der Waals surface area contributed by atoms with Gasteiger partial charge in [0.1, 0.15) is 5.82 Å². The third kappa shape index (κ3) is 2.63. The zero-order valence-electron chi connectivity index (χ0n) is 13.0. The Bertz CT molecular complexity index is 596. The van der Waals surface area contributed by atoms with Crippen LogP contribution in [0, 0.1) is 5.92 Å². The van der Waals surface area contributed by atoms with Gasteiger partial charge in [-0.25, -0.2) is 4.98 Å². The molecule has 1 amide bonds. The predicted molar refractivity (Wildman–Crippen MR) is 83.2 cm³/mol. The number of aromatic nitrogens is 2. The predicted octanol–water partition coefficient (Wildman–Crippen LogP) is 0.562. The average molecular weight is 303 g/mol. The molecule has 1 atom stereocenters. The van der Waals surface area contributed by atoms with Crippen molar-refractivity contribution in [3.63, 3.8) is 0 Å². The number of carbonyl (C=O) groups excluding carboxylic acids is 2. The molecule has 2 heterocycles. The summed E-state index contributed by atoms with van der Waals surface area (Å²) < 4.78 is 0. The van der Waals surface area contributed by atoms with Gasteiger partial charge >= 0.3 is 0 Å². The van der Waals surface area contributed by atoms with Crippen LogP contribution in [-0.4, -0.2) is 60.3 Å². The fourth-order valence-corrected chi connectivity index (χ4v) is 3.11. The van der Waals surface area contributed by atoms with E-state index in [0.29, 0.717) is 55.8 Å². The summed E-state index contributed by atoms with van der Waals surface area (Å²) in [5.74, 6) is 1.71. The number of rotatable bonds is 3. The summed E-state index contributed by atoms with van der Waals surface area (Å²) in [6, 6.07) is 0. The Morgan fingerprint density at radius 3 is 2.55 bits per heavy atom. The molecule has 1 N–H and O–H groups in total. The molecule has 22 heavy (non-hydrogen) atoms. The van der Waals surface area contributed by atoms with Gasteiger partial charge in [-0.15, -0.1) is 0 Å². The molecule has 7 nitrogen and oxygen atoms in total. The minimum absolute atomic E-state index is 0.121. The van der Waals surface area contributed by atoms with Crippen LogP contribution in [0.3, 0.4) is 0 Å². The van der Waals surface area contributed by atoms with Gasteiger partial charge in [-0.05, 0) is 12.3 Å². The first kappa shape index (κ1) is 14.7. The number of ketones is 1. The highest BCUT2D eigenvalue weighted by atomic mass is 16.1. The van der Waals surface area contributed by atoms with Gasteiger partial charge in [0.05, 0.1) is 11.3 Å². The number of nitrogens with one attached hydrogen (secondary N) is 1. The highest BCUT2D eigenvalue weighted by molar-refractivity contribution is 6.02. The number of piperazine rings is 1. The third-order valence-electron chi connectivity index (χ3n) is 4.31. The maximum Gasteiger partial charge on any atom is 0.227 e. The van der Waals surface area contributed by atoms with E-state index in [1.165, 1.54) is 0 Å². The van der Waals surface area contributed by atoms with Crippen molar-refractivity contribution >= 4 is 24.0 Å². The molecule has 1 aliphatic heterocycles. The van der Waals surface area contributed by atoms with Crippen molar-refractivity contribution < 1.29 is 9.59 Å². The molecule has 7 heteroatoms. The maximum atomic E-state index is 12.3. The minimum Gasteiger partial charge on any atom is -0.372 e. The number of amides is 1. The van der Waals surface area contributed by atoms with E-state index in [4.69, 9.17) is 0 Å². The smallest absolute Gasteiger partial charge is 0.227 e. The number of anilines is 2. The summed E-state index contributed by atoms with van der Waals surface area (Å²) in [5.41, 5.74) is 1.49. The largest absolute Gasteiger partial charge is 0.372 e. The quantitative estimate of drug-likeness (QED) is 0.822. The van der Waals surface area contributed by atoms with E-state index in [1.54, 1.807) is 11.9 Å². The Kier molecular flexibility index (Phi) is 3.96. The van der Waals surface area contributed by atoms with E-state index < -0.39 is 0 Å². The van der Waals surface area contributed by atoms with E-state index in [0.717, 1.165) is 18.5 Å². The first-order valence-electron chi connectivity index (χ1n) is 7.68. The summed E-state index contributed by atoms with van der Waals surface area (Å²) in [6.07, 6.45) is 2.24. The standard InChI is InChI=1S/C15H21N5O2/c1-10-7-11-13(12(22)8-10)14(16-2)18-15(17-11)20-5-3-19(9-21)4-6-20/h9-10H,3-8H2,1-2H3,(H,16,17,18)/t10-/m1/s1.